The van der Waals surface area contributed by atoms with Gasteiger partial charge in [-0.1, -0.05) is 42.5 Å². The number of halogens is 2. The second-order valence-corrected chi connectivity index (χ2v) is 8.09. The number of hydrogen-bond acceptors (Lipinski definition) is 3. The zero-order valence-corrected chi connectivity index (χ0v) is 13.6. The summed E-state index contributed by atoms with van der Waals surface area (Å²) in [4.78, 5) is 0. The molecule has 5 heteroatoms. The standard InChI is InChI=1S/C15H10Br2N2O/c16-15(17)19-18-14(20-15)12-7-3-6-11-10-5-2-1-4-9(10)8-13(11)12/h1-7,14H,8H2. The summed E-state index contributed by atoms with van der Waals surface area (Å²) in [7, 11) is 0. The van der Waals surface area contributed by atoms with Gasteiger partial charge in [0.2, 0.25) is 0 Å². The van der Waals surface area contributed by atoms with Crippen LogP contribution in [0.4, 0.5) is 0 Å². The summed E-state index contributed by atoms with van der Waals surface area (Å²) in [5.41, 5.74) is 6.31. The highest BCUT2D eigenvalue weighted by molar-refractivity contribution is 9.25. The lowest BCUT2D eigenvalue weighted by Crippen LogP contribution is -2.10. The number of nitrogens with zero attached hydrogens (tertiary/aromatic N) is 2. The minimum absolute atomic E-state index is 0.363. The summed E-state index contributed by atoms with van der Waals surface area (Å²) >= 11 is 6.65. The number of alkyl halides is 2. The molecule has 3 nitrogen and oxygen atoms in total. The molecule has 0 amide bonds. The second-order valence-electron chi connectivity index (χ2n) is 4.88. The highest BCUT2D eigenvalue weighted by atomic mass is 79.9. The van der Waals surface area contributed by atoms with Crippen LogP contribution in [0.2, 0.25) is 0 Å². The Kier molecular flexibility index (Phi) is 2.84. The topological polar surface area (TPSA) is 34.0 Å². The van der Waals surface area contributed by atoms with Gasteiger partial charge < -0.3 is 4.74 Å². The van der Waals surface area contributed by atoms with Gasteiger partial charge in [-0.2, -0.15) is 5.11 Å². The van der Waals surface area contributed by atoms with Crippen LogP contribution in [0.3, 0.4) is 0 Å². The van der Waals surface area contributed by atoms with Gasteiger partial charge in [-0.25, -0.2) is 0 Å². The van der Waals surface area contributed by atoms with E-state index in [0.717, 1.165) is 12.0 Å². The molecule has 2 aromatic carbocycles. The number of rotatable bonds is 1. The van der Waals surface area contributed by atoms with Gasteiger partial charge in [-0.15, -0.1) is 5.11 Å². The Balaban J connectivity index is 1.81. The van der Waals surface area contributed by atoms with Crippen LogP contribution in [0.25, 0.3) is 11.1 Å². The quantitative estimate of drug-likeness (QED) is 0.416. The molecule has 0 bridgehead atoms. The van der Waals surface area contributed by atoms with E-state index in [0.29, 0.717) is 0 Å². The van der Waals surface area contributed by atoms with Crippen LogP contribution in [0, 0.1) is 0 Å². The lowest BCUT2D eigenvalue weighted by atomic mass is 10.0. The van der Waals surface area contributed by atoms with Crippen LogP contribution < -0.4 is 0 Å². The molecule has 0 radical (unpaired) electrons. The van der Waals surface area contributed by atoms with E-state index in [1.807, 2.05) is 0 Å². The maximum atomic E-state index is 5.76. The van der Waals surface area contributed by atoms with Crippen molar-refractivity contribution in [1.29, 1.82) is 0 Å². The molecule has 0 saturated carbocycles. The third-order valence-corrected chi connectivity index (χ3v) is 4.38. The molecule has 2 aromatic rings. The Morgan fingerprint density at radius 3 is 2.65 bits per heavy atom. The van der Waals surface area contributed by atoms with Crippen molar-refractivity contribution in [2.24, 2.45) is 10.2 Å². The van der Waals surface area contributed by atoms with Crippen molar-refractivity contribution in [3.8, 4) is 11.1 Å². The zero-order chi connectivity index (χ0) is 13.7. The molecule has 1 unspecified atom stereocenters. The molecule has 2 aliphatic rings. The van der Waals surface area contributed by atoms with Crippen LogP contribution in [0.15, 0.2) is 52.7 Å². The predicted molar refractivity (Wildman–Crippen MR) is 84.0 cm³/mol. The SMILES string of the molecule is BrC1(Br)N=NC(c2cccc3c2Cc2ccccc2-3)O1. The molecule has 0 aromatic heterocycles. The monoisotopic (exact) mass is 392 g/mol. The molecule has 0 spiro atoms. The zero-order valence-electron chi connectivity index (χ0n) is 10.4. The van der Waals surface area contributed by atoms with E-state index in [-0.39, 0.29) is 6.23 Å². The summed E-state index contributed by atoms with van der Waals surface area (Å²) in [5.74, 6) is 0. The van der Waals surface area contributed by atoms with Gasteiger partial charge in [0.1, 0.15) is 0 Å². The molecule has 100 valence electrons. The molecule has 1 aliphatic heterocycles. The minimum Gasteiger partial charge on any atom is -0.303 e. The number of benzene rings is 2. The maximum absolute atomic E-state index is 5.76. The third-order valence-electron chi connectivity index (χ3n) is 3.69. The van der Waals surface area contributed by atoms with E-state index in [2.05, 4.69) is 84.6 Å². The van der Waals surface area contributed by atoms with Crippen LogP contribution in [-0.4, -0.2) is 3.54 Å². The fourth-order valence-corrected chi connectivity index (χ4v) is 3.38. The molecule has 0 saturated heterocycles. The largest absolute Gasteiger partial charge is 0.303 e. The van der Waals surface area contributed by atoms with E-state index in [1.54, 1.807) is 0 Å². The molecular formula is C15H10Br2N2O. The van der Waals surface area contributed by atoms with Crippen LogP contribution in [-0.2, 0) is 11.2 Å². The Morgan fingerprint density at radius 2 is 1.85 bits per heavy atom. The van der Waals surface area contributed by atoms with Crippen LogP contribution in [0.1, 0.15) is 22.9 Å². The van der Waals surface area contributed by atoms with Gasteiger partial charge in [-0.05, 0) is 60.5 Å². The Morgan fingerprint density at radius 1 is 1.05 bits per heavy atom. The first-order valence-corrected chi connectivity index (χ1v) is 7.90. The van der Waals surface area contributed by atoms with Gasteiger partial charge in [0.25, 0.3) is 3.54 Å². The van der Waals surface area contributed by atoms with E-state index in [1.165, 1.54) is 22.3 Å². The Hall–Kier alpha value is -1.04. The fraction of sp³-hybridized carbons (Fsp3) is 0.200. The summed E-state index contributed by atoms with van der Waals surface area (Å²) in [5, 5.41) is 8.24. The Bertz CT molecular complexity index is 728. The fourth-order valence-electron chi connectivity index (χ4n) is 2.84. The molecule has 0 N–H and O–H groups in total. The van der Waals surface area contributed by atoms with Gasteiger partial charge in [0.15, 0.2) is 6.23 Å². The first-order chi connectivity index (χ1) is 9.64. The number of ether oxygens (including phenoxy) is 1. The van der Waals surface area contributed by atoms with E-state index in [9.17, 15) is 0 Å². The highest BCUT2D eigenvalue weighted by Crippen LogP contribution is 2.46. The second kappa shape index (κ2) is 4.48. The van der Waals surface area contributed by atoms with Gasteiger partial charge in [0, 0.05) is 5.56 Å². The normalized spacial score (nSPS) is 21.8. The number of azo groups is 1. The predicted octanol–water partition coefficient (Wildman–Crippen LogP) is 5.14. The summed E-state index contributed by atoms with van der Waals surface area (Å²) in [6.45, 7) is 0. The summed E-state index contributed by atoms with van der Waals surface area (Å²) < 4.78 is 4.87. The first kappa shape index (κ1) is 12.7. The van der Waals surface area contributed by atoms with Gasteiger partial charge in [-0.3, -0.25) is 0 Å². The maximum Gasteiger partial charge on any atom is 0.293 e. The van der Waals surface area contributed by atoms with Crippen molar-refractivity contribution in [3.63, 3.8) is 0 Å². The molecule has 1 heterocycles. The van der Waals surface area contributed by atoms with Gasteiger partial charge >= 0.3 is 0 Å². The molecule has 1 atom stereocenters. The molecule has 0 fully saturated rings. The molecular weight excluding hydrogens is 384 g/mol. The lowest BCUT2D eigenvalue weighted by molar-refractivity contribution is 0.0706. The highest BCUT2D eigenvalue weighted by Gasteiger charge is 2.36. The van der Waals surface area contributed by atoms with Crippen molar-refractivity contribution in [3.05, 3.63) is 59.2 Å². The van der Waals surface area contributed by atoms with E-state index in [4.69, 9.17) is 4.74 Å². The van der Waals surface area contributed by atoms with Crippen LogP contribution in [0.5, 0.6) is 0 Å². The van der Waals surface area contributed by atoms with Crippen molar-refractivity contribution >= 4 is 31.9 Å². The van der Waals surface area contributed by atoms with Crippen LogP contribution >= 0.6 is 31.9 Å². The van der Waals surface area contributed by atoms with Gasteiger partial charge in [0.05, 0.1) is 0 Å². The number of fused-ring (bicyclic) bond motifs is 3. The smallest absolute Gasteiger partial charge is 0.293 e. The summed E-state index contributed by atoms with van der Waals surface area (Å²) in [6, 6.07) is 14.8. The van der Waals surface area contributed by atoms with Crippen molar-refractivity contribution in [1.82, 2.24) is 0 Å². The minimum atomic E-state index is -0.890. The summed E-state index contributed by atoms with van der Waals surface area (Å²) in [6.07, 6.45) is 0.562. The average Bonchev–Trinajstić information content (AvgIpc) is 2.98. The molecule has 4 rings (SSSR count). The number of hydrogen-bond donors (Lipinski definition) is 0. The lowest BCUT2D eigenvalue weighted by Gasteiger charge is -2.15. The Labute approximate surface area is 133 Å². The average molecular weight is 394 g/mol. The first-order valence-electron chi connectivity index (χ1n) is 6.32. The van der Waals surface area contributed by atoms with Crippen molar-refractivity contribution in [2.75, 3.05) is 0 Å². The van der Waals surface area contributed by atoms with Crippen molar-refractivity contribution < 1.29 is 4.74 Å². The third kappa shape index (κ3) is 1.96. The van der Waals surface area contributed by atoms with E-state index < -0.39 is 3.54 Å². The van der Waals surface area contributed by atoms with E-state index >= 15 is 0 Å². The molecule has 20 heavy (non-hydrogen) atoms. The van der Waals surface area contributed by atoms with Crippen molar-refractivity contribution in [2.45, 2.75) is 16.2 Å². The molecule has 1 aliphatic carbocycles.